The Kier molecular flexibility index (Phi) is 6.61. The Labute approximate surface area is 172 Å². The highest BCUT2D eigenvalue weighted by Crippen LogP contribution is 2.32. The van der Waals surface area contributed by atoms with Crippen LogP contribution in [0.4, 0.5) is 0 Å². The van der Waals surface area contributed by atoms with Gasteiger partial charge in [0.25, 0.3) is 5.91 Å². The summed E-state index contributed by atoms with van der Waals surface area (Å²) in [6, 6.07) is 5.93. The largest absolute Gasteiger partial charge is 0.454 e. The van der Waals surface area contributed by atoms with Gasteiger partial charge in [-0.05, 0) is 50.7 Å². The van der Waals surface area contributed by atoms with Gasteiger partial charge in [0.2, 0.25) is 6.79 Å². The average molecular weight is 408 g/mol. The Morgan fingerprint density at radius 2 is 2.00 bits per heavy atom. The molecule has 1 amide bonds. The molecule has 1 unspecified atom stereocenters. The van der Waals surface area contributed by atoms with Crippen molar-refractivity contribution in [3.63, 3.8) is 0 Å². The van der Waals surface area contributed by atoms with Gasteiger partial charge < -0.3 is 29.9 Å². The molecule has 28 heavy (non-hydrogen) atoms. The lowest BCUT2D eigenvalue weighted by molar-refractivity contribution is -0.889. The molecule has 2 heterocycles. The number of thiocarbonyl (C=S) groups is 1. The first-order valence-electron chi connectivity index (χ1n) is 9.86. The lowest BCUT2D eigenvalue weighted by Gasteiger charge is -2.24. The Bertz CT molecular complexity index is 720. The van der Waals surface area contributed by atoms with Crippen LogP contribution in [0, 0.1) is 0 Å². The van der Waals surface area contributed by atoms with E-state index in [-0.39, 0.29) is 18.2 Å². The van der Waals surface area contributed by atoms with Crippen molar-refractivity contribution >= 4 is 23.2 Å². The van der Waals surface area contributed by atoms with Crippen LogP contribution in [0.5, 0.6) is 11.5 Å². The van der Waals surface area contributed by atoms with Gasteiger partial charge in [-0.25, -0.2) is 0 Å². The van der Waals surface area contributed by atoms with Gasteiger partial charge in [-0.3, -0.25) is 4.79 Å². The summed E-state index contributed by atoms with van der Waals surface area (Å²) >= 11 is 5.60. The second-order valence-corrected chi connectivity index (χ2v) is 8.80. The third-order valence-corrected chi connectivity index (χ3v) is 5.19. The molecule has 2 aliphatic heterocycles. The molecule has 0 saturated carbocycles. The number of nitrogens with zero attached hydrogens (tertiary/aromatic N) is 1. The summed E-state index contributed by atoms with van der Waals surface area (Å²) in [6.45, 7) is 11.1. The fourth-order valence-corrected chi connectivity index (χ4v) is 3.71. The highest BCUT2D eigenvalue weighted by atomic mass is 32.1. The van der Waals surface area contributed by atoms with E-state index in [4.69, 9.17) is 21.7 Å². The van der Waals surface area contributed by atoms with Crippen LogP contribution in [0.15, 0.2) is 18.2 Å². The molecule has 1 fully saturated rings. The number of benzene rings is 1. The minimum atomic E-state index is -0.186. The summed E-state index contributed by atoms with van der Waals surface area (Å²) < 4.78 is 10.8. The molecular weight excluding hydrogens is 376 g/mol. The average Bonchev–Trinajstić information content (AvgIpc) is 2.96. The Morgan fingerprint density at radius 3 is 2.79 bits per heavy atom. The molecule has 1 atom stereocenters. The quantitative estimate of drug-likeness (QED) is 0.624. The first kappa shape index (κ1) is 20.7. The van der Waals surface area contributed by atoms with Gasteiger partial charge in [0.05, 0.1) is 19.6 Å². The predicted molar refractivity (Wildman–Crippen MR) is 112 cm³/mol. The summed E-state index contributed by atoms with van der Waals surface area (Å²) in [5.74, 6) is 1.68. The molecule has 1 saturated heterocycles. The van der Waals surface area contributed by atoms with Crippen LogP contribution in [-0.4, -0.2) is 61.0 Å². The topological polar surface area (TPSA) is 67.3 Å². The van der Waals surface area contributed by atoms with Crippen molar-refractivity contribution in [1.29, 1.82) is 0 Å². The van der Waals surface area contributed by atoms with E-state index in [1.165, 1.54) is 4.90 Å². The zero-order valence-corrected chi connectivity index (χ0v) is 17.8. The Balaban J connectivity index is 1.44. The van der Waals surface area contributed by atoms with Crippen molar-refractivity contribution in [2.24, 2.45) is 0 Å². The molecule has 0 aliphatic carbocycles. The molecule has 1 aromatic carbocycles. The molecule has 8 heteroatoms. The molecule has 0 bridgehead atoms. The molecule has 7 nitrogen and oxygen atoms in total. The highest BCUT2D eigenvalue weighted by Gasteiger charge is 2.23. The van der Waals surface area contributed by atoms with E-state index in [2.05, 4.69) is 15.5 Å². The Morgan fingerprint density at radius 1 is 1.21 bits per heavy atom. The lowest BCUT2D eigenvalue weighted by Crippen LogP contribution is -3.13. The highest BCUT2D eigenvalue weighted by molar-refractivity contribution is 7.80. The van der Waals surface area contributed by atoms with Crippen molar-refractivity contribution in [2.75, 3.05) is 39.5 Å². The zero-order valence-electron chi connectivity index (χ0n) is 17.0. The maximum atomic E-state index is 12.2. The number of carbonyl (C=O) groups excluding carboxylic acids is 1. The minimum absolute atomic E-state index is 0.111. The third-order valence-electron chi connectivity index (χ3n) is 4.79. The second-order valence-electron chi connectivity index (χ2n) is 8.41. The van der Waals surface area contributed by atoms with E-state index in [1.54, 1.807) is 0 Å². The van der Waals surface area contributed by atoms with Crippen molar-refractivity contribution in [3.8, 4) is 11.5 Å². The maximum absolute atomic E-state index is 12.2. The molecule has 0 radical (unpaired) electrons. The minimum Gasteiger partial charge on any atom is -0.454 e. The molecule has 2 aliphatic rings. The molecule has 0 aromatic heterocycles. The van der Waals surface area contributed by atoms with Gasteiger partial charge in [-0.1, -0.05) is 6.07 Å². The second kappa shape index (κ2) is 8.96. The number of quaternary nitrogens is 1. The van der Waals surface area contributed by atoms with Crippen LogP contribution in [0.1, 0.15) is 32.8 Å². The molecule has 154 valence electrons. The molecular formula is C20H31N4O3S+. The monoisotopic (exact) mass is 407 g/mol. The number of amides is 1. The fourth-order valence-electron chi connectivity index (χ4n) is 3.46. The van der Waals surface area contributed by atoms with Crippen LogP contribution in [-0.2, 0) is 11.3 Å². The van der Waals surface area contributed by atoms with Gasteiger partial charge in [-0.2, -0.15) is 0 Å². The Hall–Kier alpha value is -2.06. The lowest BCUT2D eigenvalue weighted by atomic mass is 10.1. The first-order chi connectivity index (χ1) is 13.3. The van der Waals surface area contributed by atoms with Crippen LogP contribution >= 0.6 is 12.2 Å². The molecule has 1 aromatic rings. The zero-order chi connectivity index (χ0) is 20.1. The predicted octanol–water partition coefficient (Wildman–Crippen LogP) is 0.295. The van der Waals surface area contributed by atoms with Crippen LogP contribution < -0.4 is 25.0 Å². The number of ether oxygens (including phenoxy) is 2. The van der Waals surface area contributed by atoms with Gasteiger partial charge >= 0.3 is 0 Å². The molecule has 3 N–H and O–H groups in total. The number of fused-ring (bicyclic) bond motifs is 1. The summed E-state index contributed by atoms with van der Waals surface area (Å²) in [6.07, 6.45) is 1.02. The summed E-state index contributed by atoms with van der Waals surface area (Å²) in [5.41, 5.74) is 0.918. The third kappa shape index (κ3) is 5.97. The van der Waals surface area contributed by atoms with Gasteiger partial charge in [-0.15, -0.1) is 0 Å². The number of hydrogen-bond donors (Lipinski definition) is 3. The van der Waals surface area contributed by atoms with E-state index in [0.717, 1.165) is 54.8 Å². The first-order valence-corrected chi connectivity index (χ1v) is 10.3. The van der Waals surface area contributed by atoms with Crippen LogP contribution in [0.3, 0.4) is 0 Å². The van der Waals surface area contributed by atoms with E-state index in [1.807, 2.05) is 39.0 Å². The van der Waals surface area contributed by atoms with E-state index >= 15 is 0 Å². The van der Waals surface area contributed by atoms with Crippen molar-refractivity contribution < 1.29 is 19.2 Å². The van der Waals surface area contributed by atoms with Gasteiger partial charge in [0.15, 0.2) is 23.2 Å². The maximum Gasteiger partial charge on any atom is 0.275 e. The van der Waals surface area contributed by atoms with E-state index < -0.39 is 0 Å². The van der Waals surface area contributed by atoms with E-state index in [0.29, 0.717) is 13.1 Å². The van der Waals surface area contributed by atoms with Crippen molar-refractivity contribution in [1.82, 2.24) is 15.5 Å². The molecule has 0 spiro atoms. The standard InChI is InChI=1S/C20H30N4O3S/c1-20(2,3)22-18(25)13-23-7-4-8-24(10-9-23)19(28)21-12-15-5-6-16-17(11-15)27-14-26-16/h5-6,11H,4,7-10,12-14H2,1-3H3,(H,21,28)(H,22,25)/p+1. The summed E-state index contributed by atoms with van der Waals surface area (Å²) in [7, 11) is 0. The van der Waals surface area contributed by atoms with Crippen molar-refractivity contribution in [2.45, 2.75) is 39.3 Å². The van der Waals surface area contributed by atoms with Crippen LogP contribution in [0.25, 0.3) is 0 Å². The van der Waals surface area contributed by atoms with Gasteiger partial charge in [0.1, 0.15) is 0 Å². The van der Waals surface area contributed by atoms with Crippen LogP contribution in [0.2, 0.25) is 0 Å². The molecule has 3 rings (SSSR count). The van der Waals surface area contributed by atoms with E-state index in [9.17, 15) is 4.79 Å². The normalized spacial score (nSPS) is 19.1. The van der Waals surface area contributed by atoms with Crippen molar-refractivity contribution in [3.05, 3.63) is 23.8 Å². The number of hydrogen-bond acceptors (Lipinski definition) is 4. The number of rotatable bonds is 4. The summed E-state index contributed by atoms with van der Waals surface area (Å²) in [4.78, 5) is 15.7. The summed E-state index contributed by atoms with van der Waals surface area (Å²) in [5, 5.41) is 7.16. The SMILES string of the molecule is CC(C)(C)NC(=O)C[NH+]1CCCN(C(=S)NCc2ccc3c(c2)OCO3)CC1. The number of nitrogens with one attached hydrogen (secondary N) is 3. The smallest absolute Gasteiger partial charge is 0.275 e. The fraction of sp³-hybridized carbons (Fsp3) is 0.600. The number of carbonyl (C=O) groups is 1. The van der Waals surface area contributed by atoms with Gasteiger partial charge in [0, 0.05) is 25.0 Å².